The number of unbranched alkanes of at least 4 members (excludes halogenated alkanes) is 3. The Kier molecular flexibility index (Phi) is 3.78. The molecule has 3 aliphatic rings. The third kappa shape index (κ3) is 2.03. The fourth-order valence-electron chi connectivity index (χ4n) is 6.45. The highest BCUT2D eigenvalue weighted by Gasteiger charge is 2.89. The molecule has 0 aliphatic heterocycles. The van der Waals surface area contributed by atoms with Gasteiger partial charge in [-0.1, -0.05) is 53.4 Å². The number of Topliss-reactive ketones (excluding diaryl/α,β-unsaturated/α-hetero) is 1. The summed E-state index contributed by atoms with van der Waals surface area (Å²) >= 11 is 0. The van der Waals surface area contributed by atoms with Gasteiger partial charge in [0.05, 0.1) is 0 Å². The summed E-state index contributed by atoms with van der Waals surface area (Å²) in [5, 5.41) is 21.7. The molecule has 0 spiro atoms. The van der Waals surface area contributed by atoms with Crippen LogP contribution in [0.2, 0.25) is 0 Å². The van der Waals surface area contributed by atoms with E-state index in [9.17, 15) is 15.0 Å². The zero-order chi connectivity index (χ0) is 18.9. The summed E-state index contributed by atoms with van der Waals surface area (Å²) in [5.41, 5.74) is 1.20. The summed E-state index contributed by atoms with van der Waals surface area (Å²) in [7, 11) is 0. The Morgan fingerprint density at radius 1 is 1.15 bits per heavy atom. The number of phenolic OH excluding ortho intramolecular Hbond substituents is 2. The lowest BCUT2D eigenvalue weighted by atomic mass is 9.73. The number of rotatable bonds is 7. The van der Waals surface area contributed by atoms with Crippen molar-refractivity contribution in [2.45, 2.75) is 83.5 Å². The van der Waals surface area contributed by atoms with Gasteiger partial charge in [-0.3, -0.25) is 4.79 Å². The minimum atomic E-state index is -0.313. The largest absolute Gasteiger partial charge is 0.507 e. The summed E-state index contributed by atoms with van der Waals surface area (Å²) in [5.74, 6) is 1.27. The number of aromatic hydroxyl groups is 2. The minimum Gasteiger partial charge on any atom is -0.507 e. The van der Waals surface area contributed by atoms with E-state index >= 15 is 0 Å². The van der Waals surface area contributed by atoms with E-state index in [1.165, 1.54) is 19.3 Å². The van der Waals surface area contributed by atoms with Crippen molar-refractivity contribution in [1.29, 1.82) is 0 Å². The lowest BCUT2D eigenvalue weighted by Crippen LogP contribution is -2.31. The number of hydrogen-bond donors (Lipinski definition) is 2. The van der Waals surface area contributed by atoms with Crippen molar-refractivity contribution in [3.05, 3.63) is 23.3 Å². The highest BCUT2D eigenvalue weighted by Crippen LogP contribution is 2.89. The Morgan fingerprint density at radius 3 is 2.31 bits per heavy atom. The van der Waals surface area contributed by atoms with Gasteiger partial charge in [-0.05, 0) is 47.3 Å². The number of phenols is 2. The van der Waals surface area contributed by atoms with Crippen molar-refractivity contribution in [2.75, 3.05) is 0 Å². The monoisotopic (exact) mass is 356 g/mol. The van der Waals surface area contributed by atoms with Crippen molar-refractivity contribution >= 4 is 5.78 Å². The lowest BCUT2D eigenvalue weighted by molar-refractivity contribution is -0.126. The van der Waals surface area contributed by atoms with Crippen LogP contribution in [0, 0.1) is 17.3 Å². The molecule has 1 aromatic rings. The quantitative estimate of drug-likeness (QED) is 0.659. The number of fused-ring (bicyclic) bond motifs is 1. The summed E-state index contributed by atoms with van der Waals surface area (Å²) in [6, 6.07) is 3.70. The Hall–Kier alpha value is -1.51. The molecule has 0 saturated heterocycles. The highest BCUT2D eigenvalue weighted by atomic mass is 16.3. The molecular weight excluding hydrogens is 324 g/mol. The molecule has 3 fully saturated rings. The molecule has 0 heterocycles. The van der Waals surface area contributed by atoms with Crippen molar-refractivity contribution in [2.24, 2.45) is 17.3 Å². The van der Waals surface area contributed by atoms with Gasteiger partial charge < -0.3 is 10.2 Å². The third-order valence-electron chi connectivity index (χ3n) is 8.21. The van der Waals surface area contributed by atoms with Crippen LogP contribution in [0.1, 0.15) is 83.8 Å². The van der Waals surface area contributed by atoms with Gasteiger partial charge in [0, 0.05) is 23.3 Å². The van der Waals surface area contributed by atoms with E-state index in [1.807, 2.05) is 12.1 Å². The van der Waals surface area contributed by atoms with Gasteiger partial charge in [0.25, 0.3) is 0 Å². The number of ketones is 1. The molecule has 4 rings (SSSR count). The fourth-order valence-corrected chi connectivity index (χ4v) is 6.45. The van der Waals surface area contributed by atoms with E-state index < -0.39 is 0 Å². The van der Waals surface area contributed by atoms with Gasteiger partial charge in [-0.15, -0.1) is 0 Å². The molecule has 3 aliphatic carbocycles. The maximum Gasteiger partial charge on any atom is 0.137 e. The SMILES string of the molecule is CCCCCCC(C)(C)c1cc(O)c([C@]23CC(=O)[C@H]4C[C@@H]2C43C)c(O)c1. The molecule has 3 nitrogen and oxygen atoms in total. The Balaban J connectivity index is 1.62. The highest BCUT2D eigenvalue weighted by molar-refractivity contribution is 5.93. The molecule has 142 valence electrons. The molecule has 0 aromatic heterocycles. The van der Waals surface area contributed by atoms with E-state index in [0.29, 0.717) is 23.7 Å². The van der Waals surface area contributed by atoms with Gasteiger partial charge >= 0.3 is 0 Å². The van der Waals surface area contributed by atoms with Crippen LogP contribution in [0.5, 0.6) is 11.5 Å². The van der Waals surface area contributed by atoms with Crippen LogP contribution in [0.15, 0.2) is 12.1 Å². The molecule has 3 heteroatoms. The topological polar surface area (TPSA) is 57.5 Å². The molecule has 0 amide bonds. The molecular formula is C23H32O3. The molecule has 0 radical (unpaired) electrons. The minimum absolute atomic E-state index is 0.0315. The van der Waals surface area contributed by atoms with Crippen LogP contribution in [0.25, 0.3) is 0 Å². The van der Waals surface area contributed by atoms with Gasteiger partial charge in [-0.2, -0.15) is 0 Å². The maximum atomic E-state index is 12.3. The van der Waals surface area contributed by atoms with Crippen LogP contribution in [-0.4, -0.2) is 16.0 Å². The molecule has 26 heavy (non-hydrogen) atoms. The third-order valence-corrected chi connectivity index (χ3v) is 8.21. The maximum absolute atomic E-state index is 12.3. The first-order valence-electron chi connectivity index (χ1n) is 10.3. The summed E-state index contributed by atoms with van der Waals surface area (Å²) < 4.78 is 0. The van der Waals surface area contributed by atoms with E-state index in [2.05, 4.69) is 27.7 Å². The fraction of sp³-hybridized carbons (Fsp3) is 0.696. The predicted octanol–water partition coefficient (Wildman–Crippen LogP) is 5.21. The van der Waals surface area contributed by atoms with Crippen LogP contribution in [-0.2, 0) is 15.6 Å². The number of carbonyl (C=O) groups excluding carboxylic acids is 1. The van der Waals surface area contributed by atoms with E-state index in [1.54, 1.807) is 0 Å². The number of carbonyl (C=O) groups is 1. The first kappa shape index (κ1) is 17.9. The van der Waals surface area contributed by atoms with Gasteiger partial charge in [0.15, 0.2) is 0 Å². The predicted molar refractivity (Wildman–Crippen MR) is 103 cm³/mol. The van der Waals surface area contributed by atoms with Crippen LogP contribution in [0.3, 0.4) is 0 Å². The molecule has 2 N–H and O–H groups in total. The molecule has 1 unspecified atom stereocenters. The molecule has 3 saturated carbocycles. The van der Waals surface area contributed by atoms with E-state index in [-0.39, 0.29) is 33.7 Å². The van der Waals surface area contributed by atoms with Crippen LogP contribution < -0.4 is 0 Å². The lowest BCUT2D eigenvalue weighted by Gasteiger charge is -2.30. The molecule has 1 aromatic carbocycles. The van der Waals surface area contributed by atoms with Crippen molar-refractivity contribution < 1.29 is 15.0 Å². The summed E-state index contributed by atoms with van der Waals surface area (Å²) in [4.78, 5) is 12.3. The normalized spacial score (nSPS) is 34.5. The average Bonchev–Trinajstić information content (AvgIpc) is 2.85. The van der Waals surface area contributed by atoms with Crippen LogP contribution in [0.4, 0.5) is 0 Å². The van der Waals surface area contributed by atoms with E-state index in [4.69, 9.17) is 0 Å². The van der Waals surface area contributed by atoms with E-state index in [0.717, 1.165) is 24.8 Å². The Bertz CT molecular complexity index is 742. The standard InChI is InChI=1S/C23H32O3/c1-5-6-7-8-9-21(2,3)14-10-16(24)20(17(25)11-14)23-13-18(26)15-12-19(23)22(15,23)4/h10-11,15,19,24-25H,5-9,12-13H2,1-4H3/t15-,19-,22?,23+/m1/s1. The Labute approximate surface area is 156 Å². The average molecular weight is 357 g/mol. The number of hydrogen-bond acceptors (Lipinski definition) is 3. The molecule has 0 bridgehead atoms. The van der Waals surface area contributed by atoms with Gasteiger partial charge in [0.2, 0.25) is 0 Å². The Morgan fingerprint density at radius 2 is 1.81 bits per heavy atom. The van der Waals surface area contributed by atoms with Gasteiger partial charge in [-0.25, -0.2) is 0 Å². The second kappa shape index (κ2) is 5.50. The summed E-state index contributed by atoms with van der Waals surface area (Å²) in [6.45, 7) is 8.75. The first-order chi connectivity index (χ1) is 12.2. The summed E-state index contributed by atoms with van der Waals surface area (Å²) in [6.07, 6.45) is 7.31. The second-order valence-corrected chi connectivity index (χ2v) is 9.82. The smallest absolute Gasteiger partial charge is 0.137 e. The zero-order valence-corrected chi connectivity index (χ0v) is 16.6. The van der Waals surface area contributed by atoms with Crippen molar-refractivity contribution in [3.63, 3.8) is 0 Å². The van der Waals surface area contributed by atoms with Crippen LogP contribution >= 0.6 is 0 Å². The number of benzene rings is 1. The first-order valence-corrected chi connectivity index (χ1v) is 10.3. The molecule has 4 atom stereocenters. The second-order valence-electron chi connectivity index (χ2n) is 9.82. The zero-order valence-electron chi connectivity index (χ0n) is 16.6. The van der Waals surface area contributed by atoms with Gasteiger partial charge in [0.1, 0.15) is 17.3 Å². The van der Waals surface area contributed by atoms with Crippen molar-refractivity contribution in [1.82, 2.24) is 0 Å². The van der Waals surface area contributed by atoms with Crippen molar-refractivity contribution in [3.8, 4) is 11.5 Å².